The first-order valence-electron chi connectivity index (χ1n) is 4.45. The first-order chi connectivity index (χ1) is 5.62. The Bertz CT molecular complexity index is 311. The molecule has 0 spiro atoms. The summed E-state index contributed by atoms with van der Waals surface area (Å²) in [5, 5.41) is 3.39. The zero-order chi connectivity index (χ0) is 8.77. The second-order valence-corrected chi connectivity index (χ2v) is 4.00. The van der Waals surface area contributed by atoms with Crippen molar-refractivity contribution in [2.75, 3.05) is 6.54 Å². The standard InChI is InChI=1S/C11H15N/c1-8-4-5-10(9(2)6-8)11(3)7-12-11/h4-6,12H,7H2,1-3H3. The lowest BCUT2D eigenvalue weighted by atomic mass is 9.95. The van der Waals surface area contributed by atoms with E-state index in [-0.39, 0.29) is 5.54 Å². The van der Waals surface area contributed by atoms with Gasteiger partial charge >= 0.3 is 0 Å². The molecule has 2 rings (SSSR count). The Morgan fingerprint density at radius 1 is 1.33 bits per heavy atom. The van der Waals surface area contributed by atoms with Gasteiger partial charge in [-0.15, -0.1) is 0 Å². The molecule has 0 aromatic heterocycles. The molecule has 12 heavy (non-hydrogen) atoms. The number of hydrogen-bond acceptors (Lipinski definition) is 1. The summed E-state index contributed by atoms with van der Waals surface area (Å²) in [5.41, 5.74) is 4.48. The third-order valence-corrected chi connectivity index (χ3v) is 2.68. The molecule has 1 N–H and O–H groups in total. The molecule has 1 nitrogen and oxygen atoms in total. The summed E-state index contributed by atoms with van der Waals surface area (Å²) in [6.07, 6.45) is 0. The lowest BCUT2D eigenvalue weighted by Gasteiger charge is -2.11. The molecule has 0 radical (unpaired) electrons. The van der Waals surface area contributed by atoms with Crippen LogP contribution in [0.5, 0.6) is 0 Å². The summed E-state index contributed by atoms with van der Waals surface area (Å²) < 4.78 is 0. The molecule has 1 aromatic rings. The smallest absolute Gasteiger partial charge is 0.0536 e. The fraction of sp³-hybridized carbons (Fsp3) is 0.455. The predicted octanol–water partition coefficient (Wildman–Crippen LogP) is 2.12. The Labute approximate surface area is 73.8 Å². The average Bonchev–Trinajstić information content (AvgIpc) is 2.68. The van der Waals surface area contributed by atoms with Crippen molar-refractivity contribution in [3.63, 3.8) is 0 Å². The normalized spacial score (nSPS) is 27.2. The van der Waals surface area contributed by atoms with Gasteiger partial charge in [0.05, 0.1) is 5.54 Å². The van der Waals surface area contributed by atoms with E-state index < -0.39 is 0 Å². The van der Waals surface area contributed by atoms with E-state index in [0.717, 1.165) is 6.54 Å². The van der Waals surface area contributed by atoms with Gasteiger partial charge in [-0.2, -0.15) is 0 Å². The molecule has 64 valence electrons. The average molecular weight is 161 g/mol. The van der Waals surface area contributed by atoms with Crippen LogP contribution >= 0.6 is 0 Å². The molecule has 1 heterocycles. The summed E-state index contributed by atoms with van der Waals surface area (Å²) in [6.45, 7) is 7.70. The van der Waals surface area contributed by atoms with E-state index in [1.165, 1.54) is 16.7 Å². The van der Waals surface area contributed by atoms with Gasteiger partial charge in [0.2, 0.25) is 0 Å². The minimum Gasteiger partial charge on any atom is -0.304 e. The lowest BCUT2D eigenvalue weighted by Crippen LogP contribution is -2.08. The number of hydrogen-bond donors (Lipinski definition) is 1. The van der Waals surface area contributed by atoms with Crippen LogP contribution < -0.4 is 5.32 Å². The molecule has 1 unspecified atom stereocenters. The summed E-state index contributed by atoms with van der Waals surface area (Å²) >= 11 is 0. The Morgan fingerprint density at radius 2 is 2.00 bits per heavy atom. The zero-order valence-corrected chi connectivity index (χ0v) is 7.94. The van der Waals surface area contributed by atoms with E-state index in [0.29, 0.717) is 0 Å². The van der Waals surface area contributed by atoms with Crippen molar-refractivity contribution in [3.05, 3.63) is 34.9 Å². The quantitative estimate of drug-likeness (QED) is 0.626. The summed E-state index contributed by atoms with van der Waals surface area (Å²) in [6, 6.07) is 6.68. The first-order valence-corrected chi connectivity index (χ1v) is 4.45. The Balaban J connectivity index is 2.45. The highest BCUT2D eigenvalue weighted by Gasteiger charge is 2.39. The fourth-order valence-electron chi connectivity index (χ4n) is 1.76. The van der Waals surface area contributed by atoms with Crippen LogP contribution in [0.15, 0.2) is 18.2 Å². The first kappa shape index (κ1) is 7.81. The van der Waals surface area contributed by atoms with Crippen molar-refractivity contribution in [2.24, 2.45) is 0 Å². The van der Waals surface area contributed by atoms with Crippen molar-refractivity contribution >= 4 is 0 Å². The van der Waals surface area contributed by atoms with Crippen LogP contribution in [-0.2, 0) is 5.54 Å². The van der Waals surface area contributed by atoms with Gasteiger partial charge in [-0.05, 0) is 31.9 Å². The molecule has 1 saturated heterocycles. The zero-order valence-electron chi connectivity index (χ0n) is 7.94. The number of nitrogens with one attached hydrogen (secondary N) is 1. The van der Waals surface area contributed by atoms with E-state index >= 15 is 0 Å². The molecule has 0 aliphatic carbocycles. The fourth-order valence-corrected chi connectivity index (χ4v) is 1.76. The van der Waals surface area contributed by atoms with Crippen molar-refractivity contribution < 1.29 is 0 Å². The third kappa shape index (κ3) is 1.14. The van der Waals surface area contributed by atoms with Crippen molar-refractivity contribution in [1.29, 1.82) is 0 Å². The Kier molecular flexibility index (Phi) is 1.52. The van der Waals surface area contributed by atoms with Gasteiger partial charge in [0.25, 0.3) is 0 Å². The van der Waals surface area contributed by atoms with Gasteiger partial charge in [0.1, 0.15) is 0 Å². The molecule has 1 aromatic carbocycles. The van der Waals surface area contributed by atoms with Gasteiger partial charge in [-0.25, -0.2) is 0 Å². The maximum absolute atomic E-state index is 3.39. The molecule has 1 heteroatoms. The van der Waals surface area contributed by atoms with Crippen LogP contribution in [0, 0.1) is 13.8 Å². The molecule has 1 aliphatic rings. The molecule has 1 atom stereocenters. The van der Waals surface area contributed by atoms with Crippen LogP contribution in [0.2, 0.25) is 0 Å². The molecule has 1 fully saturated rings. The van der Waals surface area contributed by atoms with Crippen molar-refractivity contribution in [2.45, 2.75) is 26.3 Å². The number of rotatable bonds is 1. The molecule has 1 aliphatic heterocycles. The third-order valence-electron chi connectivity index (χ3n) is 2.68. The predicted molar refractivity (Wildman–Crippen MR) is 51.3 cm³/mol. The Morgan fingerprint density at radius 3 is 2.50 bits per heavy atom. The SMILES string of the molecule is Cc1ccc(C2(C)CN2)c(C)c1. The van der Waals surface area contributed by atoms with Gasteiger partial charge < -0.3 is 5.32 Å². The maximum atomic E-state index is 3.39. The lowest BCUT2D eigenvalue weighted by molar-refractivity contribution is 0.756. The van der Waals surface area contributed by atoms with Gasteiger partial charge in [-0.3, -0.25) is 0 Å². The molecule has 0 amide bonds. The maximum Gasteiger partial charge on any atom is 0.0536 e. The largest absolute Gasteiger partial charge is 0.304 e. The van der Waals surface area contributed by atoms with E-state index in [2.05, 4.69) is 44.3 Å². The number of aryl methyl sites for hydroxylation is 2. The van der Waals surface area contributed by atoms with Crippen LogP contribution in [0.1, 0.15) is 23.6 Å². The van der Waals surface area contributed by atoms with Crippen LogP contribution in [0.3, 0.4) is 0 Å². The highest BCUT2D eigenvalue weighted by Crippen LogP contribution is 2.32. The van der Waals surface area contributed by atoms with Crippen molar-refractivity contribution in [3.8, 4) is 0 Å². The Hall–Kier alpha value is -0.820. The summed E-state index contributed by atoms with van der Waals surface area (Å²) in [7, 11) is 0. The molecular weight excluding hydrogens is 146 g/mol. The van der Waals surface area contributed by atoms with E-state index in [9.17, 15) is 0 Å². The minimum absolute atomic E-state index is 0.276. The highest BCUT2D eigenvalue weighted by molar-refractivity contribution is 5.38. The van der Waals surface area contributed by atoms with Gasteiger partial charge in [-0.1, -0.05) is 23.8 Å². The minimum atomic E-state index is 0.276. The van der Waals surface area contributed by atoms with Gasteiger partial charge in [0, 0.05) is 6.54 Å². The summed E-state index contributed by atoms with van der Waals surface area (Å²) in [4.78, 5) is 0. The van der Waals surface area contributed by atoms with E-state index in [4.69, 9.17) is 0 Å². The highest BCUT2D eigenvalue weighted by atomic mass is 15.1. The second kappa shape index (κ2) is 2.33. The van der Waals surface area contributed by atoms with Gasteiger partial charge in [0.15, 0.2) is 0 Å². The van der Waals surface area contributed by atoms with E-state index in [1.807, 2.05) is 0 Å². The monoisotopic (exact) mass is 161 g/mol. The molecule has 0 saturated carbocycles. The molecular formula is C11H15N. The second-order valence-electron chi connectivity index (χ2n) is 4.00. The number of benzene rings is 1. The van der Waals surface area contributed by atoms with Crippen LogP contribution in [-0.4, -0.2) is 6.54 Å². The van der Waals surface area contributed by atoms with E-state index in [1.54, 1.807) is 0 Å². The molecule has 0 bridgehead atoms. The van der Waals surface area contributed by atoms with Crippen molar-refractivity contribution in [1.82, 2.24) is 5.32 Å². The van der Waals surface area contributed by atoms with Crippen LogP contribution in [0.25, 0.3) is 0 Å². The topological polar surface area (TPSA) is 21.9 Å². The summed E-state index contributed by atoms with van der Waals surface area (Å²) in [5.74, 6) is 0. The van der Waals surface area contributed by atoms with Crippen LogP contribution in [0.4, 0.5) is 0 Å².